The maximum absolute atomic E-state index is 11.8. The van der Waals surface area contributed by atoms with Gasteiger partial charge in [-0.3, -0.25) is 14.4 Å². The third-order valence-electron chi connectivity index (χ3n) is 2.85. The molecule has 1 rings (SSSR count). The molecule has 2 amide bonds. The van der Waals surface area contributed by atoms with E-state index in [1.165, 1.54) is 0 Å². The molecule has 1 unspecified atom stereocenters. The van der Waals surface area contributed by atoms with Crippen molar-refractivity contribution in [3.63, 3.8) is 0 Å². The van der Waals surface area contributed by atoms with Crippen LogP contribution in [0.2, 0.25) is 0 Å². The molecule has 19 heavy (non-hydrogen) atoms. The molecular formula is C11H16N2O6. The summed E-state index contributed by atoms with van der Waals surface area (Å²) in [5.41, 5.74) is 0. The molecule has 1 aliphatic rings. The Hall–Kier alpha value is -2.12. The highest BCUT2D eigenvalue weighted by Crippen LogP contribution is 2.11. The van der Waals surface area contributed by atoms with Crippen LogP contribution < -0.4 is 10.6 Å². The summed E-state index contributed by atoms with van der Waals surface area (Å²) in [5.74, 6) is -3.12. The third-order valence-corrected chi connectivity index (χ3v) is 2.85. The number of hydrogen-bond donors (Lipinski definition) is 3. The maximum atomic E-state index is 11.8. The van der Waals surface area contributed by atoms with Crippen molar-refractivity contribution in [2.75, 3.05) is 13.7 Å². The Morgan fingerprint density at radius 2 is 2.21 bits per heavy atom. The summed E-state index contributed by atoms with van der Waals surface area (Å²) in [6.07, 6.45) is 0.158. The van der Waals surface area contributed by atoms with Crippen LogP contribution in [0, 0.1) is 5.92 Å². The number of nitrogens with one attached hydrogen (secondary N) is 2. The summed E-state index contributed by atoms with van der Waals surface area (Å²) < 4.78 is 4.36. The van der Waals surface area contributed by atoms with Gasteiger partial charge in [0.2, 0.25) is 11.8 Å². The number of carboxylic acid groups (broad SMARTS) is 1. The zero-order chi connectivity index (χ0) is 14.4. The molecule has 0 aromatic heterocycles. The Labute approximate surface area is 109 Å². The van der Waals surface area contributed by atoms with Gasteiger partial charge in [-0.25, -0.2) is 4.79 Å². The number of carbonyl (C=O) groups is 4. The van der Waals surface area contributed by atoms with Crippen molar-refractivity contribution in [2.45, 2.75) is 25.3 Å². The molecule has 106 valence electrons. The first-order valence-electron chi connectivity index (χ1n) is 5.80. The van der Waals surface area contributed by atoms with E-state index in [1.54, 1.807) is 0 Å². The quantitative estimate of drug-likeness (QED) is 0.532. The predicted molar refractivity (Wildman–Crippen MR) is 61.9 cm³/mol. The molecular weight excluding hydrogens is 256 g/mol. The van der Waals surface area contributed by atoms with Crippen LogP contribution in [-0.2, 0) is 23.9 Å². The van der Waals surface area contributed by atoms with Crippen molar-refractivity contribution in [2.24, 2.45) is 5.92 Å². The molecule has 8 heteroatoms. The van der Waals surface area contributed by atoms with Crippen LogP contribution in [-0.4, -0.2) is 48.6 Å². The van der Waals surface area contributed by atoms with Gasteiger partial charge in [-0.2, -0.15) is 0 Å². The second-order valence-corrected chi connectivity index (χ2v) is 4.22. The Balaban J connectivity index is 2.53. The molecule has 0 spiro atoms. The number of methoxy groups -OCH3 is 1. The number of carboxylic acids is 1. The lowest BCUT2D eigenvalue weighted by atomic mass is 9.98. The average molecular weight is 272 g/mol. The lowest BCUT2D eigenvalue weighted by Crippen LogP contribution is -2.49. The van der Waals surface area contributed by atoms with E-state index in [9.17, 15) is 19.2 Å². The number of esters is 1. The fourth-order valence-corrected chi connectivity index (χ4v) is 1.70. The van der Waals surface area contributed by atoms with Gasteiger partial charge < -0.3 is 20.5 Å². The van der Waals surface area contributed by atoms with Crippen LogP contribution in [0.15, 0.2) is 0 Å². The molecule has 0 bridgehead atoms. The first kappa shape index (κ1) is 14.9. The minimum Gasteiger partial charge on any atom is -0.480 e. The Morgan fingerprint density at radius 1 is 1.53 bits per heavy atom. The summed E-state index contributed by atoms with van der Waals surface area (Å²) in [6.45, 7) is 0.176. The van der Waals surface area contributed by atoms with Gasteiger partial charge >= 0.3 is 11.9 Å². The van der Waals surface area contributed by atoms with Gasteiger partial charge in [0.25, 0.3) is 0 Å². The SMILES string of the molecule is COC(=O)C[C@H](NC(=O)C1CCC(=O)NC1)C(=O)O. The van der Waals surface area contributed by atoms with Gasteiger partial charge in [-0.1, -0.05) is 0 Å². The van der Waals surface area contributed by atoms with Gasteiger partial charge in [0.05, 0.1) is 19.4 Å². The van der Waals surface area contributed by atoms with E-state index in [1.807, 2.05) is 0 Å². The van der Waals surface area contributed by atoms with E-state index in [2.05, 4.69) is 15.4 Å². The number of ether oxygens (including phenoxy) is 1. The molecule has 8 nitrogen and oxygen atoms in total. The summed E-state index contributed by atoms with van der Waals surface area (Å²) in [5, 5.41) is 13.7. The van der Waals surface area contributed by atoms with Crippen molar-refractivity contribution >= 4 is 23.8 Å². The van der Waals surface area contributed by atoms with E-state index in [-0.39, 0.29) is 18.9 Å². The molecule has 0 aliphatic carbocycles. The molecule has 3 N–H and O–H groups in total. The molecule has 1 fully saturated rings. The van der Waals surface area contributed by atoms with Crippen molar-refractivity contribution in [1.29, 1.82) is 0 Å². The molecule has 1 heterocycles. The molecule has 0 aromatic carbocycles. The van der Waals surface area contributed by atoms with Crippen molar-refractivity contribution in [3.05, 3.63) is 0 Å². The van der Waals surface area contributed by atoms with E-state index in [0.717, 1.165) is 7.11 Å². The van der Waals surface area contributed by atoms with E-state index >= 15 is 0 Å². The van der Waals surface area contributed by atoms with Crippen molar-refractivity contribution < 1.29 is 29.0 Å². The van der Waals surface area contributed by atoms with E-state index in [4.69, 9.17) is 5.11 Å². The number of piperidine rings is 1. The molecule has 0 radical (unpaired) electrons. The van der Waals surface area contributed by atoms with Crippen LogP contribution in [0.3, 0.4) is 0 Å². The first-order valence-corrected chi connectivity index (χ1v) is 5.80. The zero-order valence-corrected chi connectivity index (χ0v) is 10.5. The Kier molecular flexibility index (Phi) is 5.28. The molecule has 0 saturated carbocycles. The number of aliphatic carboxylic acids is 1. The Bertz CT molecular complexity index is 385. The van der Waals surface area contributed by atoms with E-state index < -0.39 is 36.2 Å². The van der Waals surface area contributed by atoms with E-state index in [0.29, 0.717) is 6.42 Å². The fraction of sp³-hybridized carbons (Fsp3) is 0.636. The highest BCUT2D eigenvalue weighted by atomic mass is 16.5. The fourth-order valence-electron chi connectivity index (χ4n) is 1.70. The highest BCUT2D eigenvalue weighted by Gasteiger charge is 2.29. The van der Waals surface area contributed by atoms with Gasteiger partial charge in [0, 0.05) is 13.0 Å². The van der Waals surface area contributed by atoms with Crippen LogP contribution in [0.1, 0.15) is 19.3 Å². The minimum atomic E-state index is -1.32. The zero-order valence-electron chi connectivity index (χ0n) is 10.5. The number of rotatable bonds is 5. The normalized spacial score (nSPS) is 20.1. The summed E-state index contributed by atoms with van der Waals surface area (Å²) in [7, 11) is 1.14. The van der Waals surface area contributed by atoms with Crippen molar-refractivity contribution in [1.82, 2.24) is 10.6 Å². The number of amides is 2. The van der Waals surface area contributed by atoms with Gasteiger partial charge in [-0.05, 0) is 6.42 Å². The maximum Gasteiger partial charge on any atom is 0.326 e. The highest BCUT2D eigenvalue weighted by molar-refractivity contribution is 5.89. The van der Waals surface area contributed by atoms with Crippen LogP contribution in [0.5, 0.6) is 0 Å². The van der Waals surface area contributed by atoms with Crippen LogP contribution in [0.4, 0.5) is 0 Å². The van der Waals surface area contributed by atoms with Gasteiger partial charge in [-0.15, -0.1) is 0 Å². The third kappa shape index (κ3) is 4.57. The lowest BCUT2D eigenvalue weighted by Gasteiger charge is -2.23. The number of carbonyl (C=O) groups excluding carboxylic acids is 3. The van der Waals surface area contributed by atoms with Crippen LogP contribution in [0.25, 0.3) is 0 Å². The topological polar surface area (TPSA) is 122 Å². The first-order chi connectivity index (χ1) is 8.93. The summed E-state index contributed by atoms with van der Waals surface area (Å²) >= 11 is 0. The van der Waals surface area contributed by atoms with Gasteiger partial charge in [0.1, 0.15) is 6.04 Å². The molecule has 1 aliphatic heterocycles. The molecule has 0 aromatic rings. The molecule has 1 saturated heterocycles. The summed E-state index contributed by atoms with van der Waals surface area (Å²) in [6, 6.07) is -1.32. The standard InChI is InChI=1S/C11H16N2O6/c1-19-9(15)4-7(11(17)18)13-10(16)6-2-3-8(14)12-5-6/h6-7H,2-5H2,1H3,(H,12,14)(H,13,16)(H,17,18)/t6?,7-/m0/s1. The van der Waals surface area contributed by atoms with Crippen LogP contribution >= 0.6 is 0 Å². The smallest absolute Gasteiger partial charge is 0.326 e. The minimum absolute atomic E-state index is 0.131. The Morgan fingerprint density at radius 3 is 2.68 bits per heavy atom. The van der Waals surface area contributed by atoms with Gasteiger partial charge in [0.15, 0.2) is 0 Å². The summed E-state index contributed by atoms with van der Waals surface area (Å²) in [4.78, 5) is 44.7. The predicted octanol–water partition coefficient (Wildman–Crippen LogP) is -1.35. The second-order valence-electron chi connectivity index (χ2n) is 4.22. The largest absolute Gasteiger partial charge is 0.480 e. The molecule has 2 atom stereocenters. The second kappa shape index (κ2) is 6.72. The average Bonchev–Trinajstić information content (AvgIpc) is 2.38. The monoisotopic (exact) mass is 272 g/mol. The van der Waals surface area contributed by atoms with Crippen molar-refractivity contribution in [3.8, 4) is 0 Å². The number of hydrogen-bond acceptors (Lipinski definition) is 5. The lowest BCUT2D eigenvalue weighted by molar-refractivity contribution is -0.149.